The van der Waals surface area contributed by atoms with E-state index < -0.39 is 0 Å². The fraction of sp³-hybridized carbons (Fsp3) is 0.143. The summed E-state index contributed by atoms with van der Waals surface area (Å²) in [6.45, 7) is 0. The van der Waals surface area contributed by atoms with Crippen LogP contribution in [0.25, 0.3) is 0 Å². The van der Waals surface area contributed by atoms with Crippen LogP contribution in [0.15, 0.2) is 51.8 Å². The van der Waals surface area contributed by atoms with Crippen LogP contribution in [0.5, 0.6) is 5.75 Å². The lowest BCUT2D eigenvalue weighted by molar-refractivity contribution is 0.413. The van der Waals surface area contributed by atoms with Gasteiger partial charge in [-0.3, -0.25) is 0 Å². The van der Waals surface area contributed by atoms with Crippen molar-refractivity contribution in [3.63, 3.8) is 0 Å². The molecule has 0 saturated heterocycles. The Morgan fingerprint density at radius 3 is 2.78 bits per heavy atom. The number of thioether (sulfide) groups is 1. The van der Waals surface area contributed by atoms with Crippen LogP contribution < -0.4 is 4.74 Å². The lowest BCUT2D eigenvalue weighted by Crippen LogP contribution is -1.87. The number of hydrogen-bond acceptors (Lipinski definition) is 2. The minimum atomic E-state index is -0.223. The second-order valence-electron chi connectivity index (χ2n) is 3.68. The summed E-state index contributed by atoms with van der Waals surface area (Å²) in [5.41, 5.74) is 0.947. The first-order valence-corrected chi connectivity index (χ1v) is 7.18. The van der Waals surface area contributed by atoms with E-state index in [0.717, 1.165) is 16.2 Å². The maximum Gasteiger partial charge on any atom is 0.137 e. The average Bonchev–Trinajstić information content (AvgIpc) is 2.41. The summed E-state index contributed by atoms with van der Waals surface area (Å²) in [7, 11) is 1.65. The molecular weight excluding hydrogens is 315 g/mol. The highest BCUT2D eigenvalue weighted by molar-refractivity contribution is 9.10. The van der Waals surface area contributed by atoms with Gasteiger partial charge in [-0.25, -0.2) is 4.39 Å². The second kappa shape index (κ2) is 6.25. The number of rotatable bonds is 4. The van der Waals surface area contributed by atoms with Crippen molar-refractivity contribution in [3.8, 4) is 5.75 Å². The zero-order valence-corrected chi connectivity index (χ0v) is 12.2. The number of benzene rings is 2. The molecule has 2 aromatic rings. The quantitative estimate of drug-likeness (QED) is 0.740. The number of halogens is 2. The van der Waals surface area contributed by atoms with Crippen molar-refractivity contribution in [1.82, 2.24) is 0 Å². The van der Waals surface area contributed by atoms with Gasteiger partial charge < -0.3 is 4.74 Å². The lowest BCUT2D eigenvalue weighted by atomic mass is 10.2. The van der Waals surface area contributed by atoms with Crippen LogP contribution in [0, 0.1) is 5.82 Å². The van der Waals surface area contributed by atoms with Crippen LogP contribution in [0.1, 0.15) is 5.56 Å². The van der Waals surface area contributed by atoms with Gasteiger partial charge >= 0.3 is 0 Å². The summed E-state index contributed by atoms with van der Waals surface area (Å²) < 4.78 is 19.1. The van der Waals surface area contributed by atoms with Crippen molar-refractivity contribution in [3.05, 3.63) is 58.3 Å². The highest BCUT2D eigenvalue weighted by Gasteiger charge is 2.05. The summed E-state index contributed by atoms with van der Waals surface area (Å²) in [6, 6.07) is 12.9. The van der Waals surface area contributed by atoms with Gasteiger partial charge in [0, 0.05) is 10.6 Å². The van der Waals surface area contributed by atoms with Gasteiger partial charge in [-0.15, -0.1) is 11.8 Å². The summed E-state index contributed by atoms with van der Waals surface area (Å²) >= 11 is 4.92. The number of hydrogen-bond donors (Lipinski definition) is 0. The smallest absolute Gasteiger partial charge is 0.137 e. The third kappa shape index (κ3) is 3.27. The van der Waals surface area contributed by atoms with E-state index in [0.29, 0.717) is 10.2 Å². The highest BCUT2D eigenvalue weighted by atomic mass is 79.9. The summed E-state index contributed by atoms with van der Waals surface area (Å²) in [5, 5.41) is 0. The van der Waals surface area contributed by atoms with Gasteiger partial charge in [0.2, 0.25) is 0 Å². The molecule has 0 amide bonds. The van der Waals surface area contributed by atoms with Crippen molar-refractivity contribution in [2.24, 2.45) is 0 Å². The molecule has 2 aromatic carbocycles. The Kier molecular flexibility index (Phi) is 4.66. The van der Waals surface area contributed by atoms with E-state index >= 15 is 0 Å². The maximum atomic E-state index is 13.3. The predicted octanol–water partition coefficient (Wildman–Crippen LogP) is 4.89. The molecule has 0 N–H and O–H groups in total. The Hall–Kier alpha value is -1.00. The molecule has 0 aliphatic rings. The van der Waals surface area contributed by atoms with Gasteiger partial charge in [0.15, 0.2) is 0 Å². The van der Waals surface area contributed by atoms with Gasteiger partial charge in [0.05, 0.1) is 11.6 Å². The van der Waals surface area contributed by atoms with Crippen LogP contribution in [0.2, 0.25) is 0 Å². The fourth-order valence-electron chi connectivity index (χ4n) is 1.51. The molecule has 0 heterocycles. The van der Waals surface area contributed by atoms with Gasteiger partial charge in [0.1, 0.15) is 11.6 Å². The molecule has 1 nitrogen and oxygen atoms in total. The Morgan fingerprint density at radius 2 is 2.00 bits per heavy atom. The van der Waals surface area contributed by atoms with Crippen molar-refractivity contribution in [1.29, 1.82) is 0 Å². The van der Waals surface area contributed by atoms with Crippen LogP contribution in [0.3, 0.4) is 0 Å². The molecule has 4 heteroatoms. The van der Waals surface area contributed by atoms with Gasteiger partial charge in [-0.1, -0.05) is 18.2 Å². The number of ether oxygens (including phenoxy) is 1. The van der Waals surface area contributed by atoms with Gasteiger partial charge in [-0.2, -0.15) is 0 Å². The first kappa shape index (κ1) is 13.4. The van der Waals surface area contributed by atoms with Crippen molar-refractivity contribution >= 4 is 27.7 Å². The standard InChI is InChI=1S/C14H12BrFOS/c1-17-11-5-3-6-12(8-11)18-9-10-4-2-7-13(16)14(10)15/h2-8H,9H2,1H3. The molecule has 0 unspecified atom stereocenters. The molecule has 0 saturated carbocycles. The third-order valence-corrected chi connectivity index (χ3v) is 4.40. The summed E-state index contributed by atoms with van der Waals surface area (Å²) in [6.07, 6.45) is 0. The molecule has 2 rings (SSSR count). The zero-order chi connectivity index (χ0) is 13.0. The van der Waals surface area contributed by atoms with E-state index in [4.69, 9.17) is 4.74 Å². The normalized spacial score (nSPS) is 10.4. The minimum Gasteiger partial charge on any atom is -0.497 e. The van der Waals surface area contributed by atoms with E-state index in [1.54, 1.807) is 24.9 Å². The first-order chi connectivity index (χ1) is 8.70. The second-order valence-corrected chi connectivity index (χ2v) is 5.52. The topological polar surface area (TPSA) is 9.23 Å². The molecule has 0 fully saturated rings. The first-order valence-electron chi connectivity index (χ1n) is 5.40. The average molecular weight is 327 g/mol. The van der Waals surface area contributed by atoms with E-state index in [2.05, 4.69) is 15.9 Å². The van der Waals surface area contributed by atoms with Gasteiger partial charge in [0.25, 0.3) is 0 Å². The predicted molar refractivity (Wildman–Crippen MR) is 76.7 cm³/mol. The van der Waals surface area contributed by atoms with Crippen LogP contribution in [0.4, 0.5) is 4.39 Å². The molecule has 0 spiro atoms. The molecule has 0 atom stereocenters. The molecule has 0 bridgehead atoms. The molecule has 0 radical (unpaired) electrons. The zero-order valence-electron chi connectivity index (χ0n) is 9.82. The van der Waals surface area contributed by atoms with E-state index in [1.807, 2.05) is 30.3 Å². The van der Waals surface area contributed by atoms with Crippen LogP contribution in [-0.2, 0) is 5.75 Å². The molecule has 0 aliphatic carbocycles. The van der Waals surface area contributed by atoms with E-state index in [1.165, 1.54) is 6.07 Å². The monoisotopic (exact) mass is 326 g/mol. The Morgan fingerprint density at radius 1 is 1.22 bits per heavy atom. The van der Waals surface area contributed by atoms with Crippen LogP contribution >= 0.6 is 27.7 Å². The molecule has 0 aliphatic heterocycles. The minimum absolute atomic E-state index is 0.223. The fourth-order valence-corrected chi connectivity index (χ4v) is 3.04. The van der Waals surface area contributed by atoms with Crippen LogP contribution in [-0.4, -0.2) is 7.11 Å². The van der Waals surface area contributed by atoms with E-state index in [-0.39, 0.29) is 5.82 Å². The Balaban J connectivity index is 2.09. The molecule has 94 valence electrons. The van der Waals surface area contributed by atoms with E-state index in [9.17, 15) is 4.39 Å². The van der Waals surface area contributed by atoms with Gasteiger partial charge in [-0.05, 0) is 45.8 Å². The highest BCUT2D eigenvalue weighted by Crippen LogP contribution is 2.29. The third-order valence-electron chi connectivity index (χ3n) is 2.47. The molecular formula is C14H12BrFOS. The molecule has 18 heavy (non-hydrogen) atoms. The van der Waals surface area contributed by atoms with Crippen molar-refractivity contribution < 1.29 is 9.13 Å². The lowest BCUT2D eigenvalue weighted by Gasteiger charge is -2.06. The number of methoxy groups -OCH3 is 1. The summed E-state index contributed by atoms with van der Waals surface area (Å²) in [5.74, 6) is 1.32. The van der Waals surface area contributed by atoms with Crippen molar-refractivity contribution in [2.45, 2.75) is 10.6 Å². The van der Waals surface area contributed by atoms with Crippen molar-refractivity contribution in [2.75, 3.05) is 7.11 Å². The largest absolute Gasteiger partial charge is 0.497 e. The Labute approximate surface area is 118 Å². The Bertz CT molecular complexity index is 545. The SMILES string of the molecule is COc1cccc(SCc2cccc(F)c2Br)c1. The maximum absolute atomic E-state index is 13.3. The summed E-state index contributed by atoms with van der Waals surface area (Å²) in [4.78, 5) is 1.10. The molecule has 0 aromatic heterocycles.